The van der Waals surface area contributed by atoms with Gasteiger partial charge >= 0.3 is 0 Å². The smallest absolute Gasteiger partial charge is 0.0864 e. The van der Waals surface area contributed by atoms with Crippen LogP contribution >= 0.6 is 23.4 Å². The fourth-order valence-corrected chi connectivity index (χ4v) is 1.93. The molecule has 0 aliphatic carbocycles. The second-order valence-electron chi connectivity index (χ2n) is 2.60. The van der Waals surface area contributed by atoms with E-state index in [1.54, 1.807) is 6.07 Å². The molecule has 0 fully saturated rings. The second kappa shape index (κ2) is 5.50. The number of thioether (sulfide) groups is 1. The monoisotopic (exact) mass is 218 g/mol. The lowest BCUT2D eigenvalue weighted by atomic mass is 10.4. The Morgan fingerprint density at radius 2 is 2.23 bits per heavy atom. The number of hydrogen-bond donors (Lipinski definition) is 2. The molecular formula is C9H11ClO2S. The van der Waals surface area contributed by atoms with Crippen molar-refractivity contribution in [2.75, 3.05) is 12.4 Å². The van der Waals surface area contributed by atoms with Crippen LogP contribution in [0, 0.1) is 0 Å². The first-order chi connectivity index (χ1) is 6.22. The SMILES string of the molecule is OCC(O)CSc1cccc(Cl)c1. The van der Waals surface area contributed by atoms with Gasteiger partial charge in [-0.25, -0.2) is 0 Å². The molecule has 1 aromatic carbocycles. The number of rotatable bonds is 4. The number of hydrogen-bond acceptors (Lipinski definition) is 3. The molecule has 0 bridgehead atoms. The van der Waals surface area contributed by atoms with Crippen molar-refractivity contribution < 1.29 is 10.2 Å². The van der Waals surface area contributed by atoms with Crippen LogP contribution < -0.4 is 0 Å². The van der Waals surface area contributed by atoms with E-state index in [-0.39, 0.29) is 6.61 Å². The van der Waals surface area contributed by atoms with E-state index >= 15 is 0 Å². The normalized spacial score (nSPS) is 12.8. The quantitative estimate of drug-likeness (QED) is 0.757. The summed E-state index contributed by atoms with van der Waals surface area (Å²) < 4.78 is 0. The number of benzene rings is 1. The number of aliphatic hydroxyl groups excluding tert-OH is 2. The maximum absolute atomic E-state index is 9.08. The summed E-state index contributed by atoms with van der Waals surface area (Å²) in [4.78, 5) is 1.00. The van der Waals surface area contributed by atoms with Crippen molar-refractivity contribution in [1.29, 1.82) is 0 Å². The highest BCUT2D eigenvalue weighted by Gasteiger charge is 2.02. The van der Waals surface area contributed by atoms with E-state index in [0.29, 0.717) is 10.8 Å². The van der Waals surface area contributed by atoms with Crippen molar-refractivity contribution in [1.82, 2.24) is 0 Å². The highest BCUT2D eigenvalue weighted by Crippen LogP contribution is 2.21. The molecular weight excluding hydrogens is 208 g/mol. The van der Waals surface area contributed by atoms with Crippen LogP contribution in [0.1, 0.15) is 0 Å². The molecule has 0 aliphatic heterocycles. The van der Waals surface area contributed by atoms with Gasteiger partial charge in [0.05, 0.1) is 12.7 Å². The minimum Gasteiger partial charge on any atom is -0.394 e. The van der Waals surface area contributed by atoms with Crippen molar-refractivity contribution in [2.45, 2.75) is 11.0 Å². The molecule has 0 aliphatic rings. The lowest BCUT2D eigenvalue weighted by Gasteiger charge is -2.06. The zero-order valence-corrected chi connectivity index (χ0v) is 8.55. The van der Waals surface area contributed by atoms with Gasteiger partial charge in [0.2, 0.25) is 0 Å². The predicted octanol–water partition coefficient (Wildman–Crippen LogP) is 1.79. The van der Waals surface area contributed by atoms with Gasteiger partial charge in [0.15, 0.2) is 0 Å². The third kappa shape index (κ3) is 4.00. The molecule has 1 rings (SSSR count). The third-order valence-electron chi connectivity index (χ3n) is 1.45. The van der Waals surface area contributed by atoms with Crippen LogP contribution in [-0.2, 0) is 0 Å². The molecule has 0 saturated heterocycles. The molecule has 0 heterocycles. The van der Waals surface area contributed by atoms with Crippen LogP contribution in [0.15, 0.2) is 29.2 Å². The van der Waals surface area contributed by atoms with Gasteiger partial charge in [-0.3, -0.25) is 0 Å². The molecule has 0 aromatic heterocycles. The number of aliphatic hydroxyl groups is 2. The molecule has 4 heteroatoms. The van der Waals surface area contributed by atoms with Gasteiger partial charge in [0.25, 0.3) is 0 Å². The number of halogens is 1. The molecule has 2 N–H and O–H groups in total. The summed E-state index contributed by atoms with van der Waals surface area (Å²) in [5.41, 5.74) is 0. The molecule has 0 amide bonds. The summed E-state index contributed by atoms with van der Waals surface area (Å²) in [5.74, 6) is 0.483. The van der Waals surface area contributed by atoms with E-state index in [1.807, 2.05) is 18.2 Å². The van der Waals surface area contributed by atoms with E-state index in [2.05, 4.69) is 0 Å². The Kier molecular flexibility index (Phi) is 4.59. The minimum atomic E-state index is -0.663. The lowest BCUT2D eigenvalue weighted by molar-refractivity contribution is 0.113. The van der Waals surface area contributed by atoms with Crippen LogP contribution in [0.25, 0.3) is 0 Å². The molecule has 2 nitrogen and oxygen atoms in total. The maximum atomic E-state index is 9.08. The summed E-state index contributed by atoms with van der Waals surface area (Å²) in [6.07, 6.45) is -0.663. The van der Waals surface area contributed by atoms with Gasteiger partial charge in [-0.1, -0.05) is 17.7 Å². The van der Waals surface area contributed by atoms with Crippen molar-refractivity contribution >= 4 is 23.4 Å². The first kappa shape index (κ1) is 10.9. The topological polar surface area (TPSA) is 40.5 Å². The molecule has 13 heavy (non-hydrogen) atoms. The standard InChI is InChI=1S/C9H11ClO2S/c10-7-2-1-3-9(4-7)13-6-8(12)5-11/h1-4,8,11-12H,5-6H2. The molecule has 0 spiro atoms. The average molecular weight is 219 g/mol. The molecule has 0 saturated carbocycles. The summed E-state index contributed by atoms with van der Waals surface area (Å²) in [6.45, 7) is -0.201. The molecule has 0 radical (unpaired) electrons. The van der Waals surface area contributed by atoms with Crippen LogP contribution in [0.2, 0.25) is 5.02 Å². The Bertz CT molecular complexity index is 268. The summed E-state index contributed by atoms with van der Waals surface area (Å²) in [6, 6.07) is 7.40. The zero-order valence-electron chi connectivity index (χ0n) is 6.98. The summed E-state index contributed by atoms with van der Waals surface area (Å²) in [5, 5.41) is 18.3. The molecule has 1 unspecified atom stereocenters. The van der Waals surface area contributed by atoms with Crippen LogP contribution in [0.4, 0.5) is 0 Å². The first-order valence-electron chi connectivity index (χ1n) is 3.89. The van der Waals surface area contributed by atoms with E-state index in [0.717, 1.165) is 4.90 Å². The average Bonchev–Trinajstić information content (AvgIpc) is 2.14. The summed E-state index contributed by atoms with van der Waals surface area (Å²) in [7, 11) is 0. The van der Waals surface area contributed by atoms with E-state index in [9.17, 15) is 0 Å². The third-order valence-corrected chi connectivity index (χ3v) is 2.82. The van der Waals surface area contributed by atoms with E-state index < -0.39 is 6.10 Å². The minimum absolute atomic E-state index is 0.201. The Hall–Kier alpha value is -0.220. The fourth-order valence-electron chi connectivity index (χ4n) is 0.802. The Balaban J connectivity index is 2.45. The van der Waals surface area contributed by atoms with Gasteiger partial charge in [-0.2, -0.15) is 0 Å². The van der Waals surface area contributed by atoms with Gasteiger partial charge in [0, 0.05) is 15.7 Å². The lowest BCUT2D eigenvalue weighted by Crippen LogP contribution is -2.14. The highest BCUT2D eigenvalue weighted by atomic mass is 35.5. The van der Waals surface area contributed by atoms with E-state index in [4.69, 9.17) is 21.8 Å². The largest absolute Gasteiger partial charge is 0.394 e. The van der Waals surface area contributed by atoms with Crippen molar-refractivity contribution in [3.63, 3.8) is 0 Å². The second-order valence-corrected chi connectivity index (χ2v) is 4.13. The van der Waals surface area contributed by atoms with Crippen LogP contribution in [0.5, 0.6) is 0 Å². The van der Waals surface area contributed by atoms with Gasteiger partial charge in [-0.15, -0.1) is 11.8 Å². The van der Waals surface area contributed by atoms with Crippen molar-refractivity contribution in [2.24, 2.45) is 0 Å². The Morgan fingerprint density at radius 1 is 1.46 bits per heavy atom. The van der Waals surface area contributed by atoms with E-state index in [1.165, 1.54) is 11.8 Å². The predicted molar refractivity (Wildman–Crippen MR) is 55.3 cm³/mol. The van der Waals surface area contributed by atoms with Crippen LogP contribution in [-0.4, -0.2) is 28.7 Å². The Morgan fingerprint density at radius 3 is 2.85 bits per heavy atom. The fraction of sp³-hybridized carbons (Fsp3) is 0.333. The van der Waals surface area contributed by atoms with Gasteiger partial charge in [0.1, 0.15) is 0 Å². The summed E-state index contributed by atoms with van der Waals surface area (Å²) >= 11 is 7.24. The van der Waals surface area contributed by atoms with Crippen molar-refractivity contribution in [3.05, 3.63) is 29.3 Å². The van der Waals surface area contributed by atoms with Crippen molar-refractivity contribution in [3.8, 4) is 0 Å². The molecule has 1 aromatic rings. The molecule has 1 atom stereocenters. The zero-order chi connectivity index (χ0) is 9.68. The molecule has 72 valence electrons. The van der Waals surface area contributed by atoms with Gasteiger partial charge < -0.3 is 10.2 Å². The van der Waals surface area contributed by atoms with Gasteiger partial charge in [-0.05, 0) is 18.2 Å². The highest BCUT2D eigenvalue weighted by molar-refractivity contribution is 7.99. The first-order valence-corrected chi connectivity index (χ1v) is 5.26. The Labute approximate surface area is 86.5 Å². The maximum Gasteiger partial charge on any atom is 0.0864 e. The van der Waals surface area contributed by atoms with Crippen LogP contribution in [0.3, 0.4) is 0 Å².